The number of tetrazole rings is 1. The third-order valence-electron chi connectivity index (χ3n) is 4.59. The van der Waals surface area contributed by atoms with E-state index in [-0.39, 0.29) is 18.4 Å². The van der Waals surface area contributed by atoms with Crippen molar-refractivity contribution in [2.24, 2.45) is 0 Å². The zero-order chi connectivity index (χ0) is 16.7. The second-order valence-electron chi connectivity index (χ2n) is 7.38. The fourth-order valence-corrected chi connectivity index (χ4v) is 3.45. The van der Waals surface area contributed by atoms with Crippen LogP contribution in [0.4, 0.5) is 0 Å². The van der Waals surface area contributed by atoms with Crippen LogP contribution in [0.1, 0.15) is 51.0 Å². The van der Waals surface area contributed by atoms with Crippen LogP contribution in [0.15, 0.2) is 18.2 Å². The van der Waals surface area contributed by atoms with Crippen molar-refractivity contribution in [2.45, 2.75) is 45.2 Å². The van der Waals surface area contributed by atoms with Crippen LogP contribution in [0.5, 0.6) is 11.5 Å². The van der Waals surface area contributed by atoms with E-state index < -0.39 is 0 Å². The van der Waals surface area contributed by atoms with Gasteiger partial charge >= 0.3 is 0 Å². The number of ether oxygens (including phenoxy) is 2. The molecule has 7 heteroatoms. The summed E-state index contributed by atoms with van der Waals surface area (Å²) in [5.74, 6) is 2.48. The maximum Gasteiger partial charge on any atom is 0.231 e. The Kier molecular flexibility index (Phi) is 3.68. The summed E-state index contributed by atoms with van der Waals surface area (Å²) in [6.07, 6.45) is 2.41. The molecule has 2 aliphatic rings. The highest BCUT2D eigenvalue weighted by Crippen LogP contribution is 2.38. The molecule has 0 saturated carbocycles. The van der Waals surface area contributed by atoms with Crippen LogP contribution in [0.25, 0.3) is 0 Å². The highest BCUT2D eigenvalue weighted by atomic mass is 16.7. The molecule has 1 aromatic carbocycles. The average Bonchev–Trinajstić information content (AvgIpc) is 3.28. The Hall–Kier alpha value is -2.15. The molecule has 4 rings (SSSR count). The van der Waals surface area contributed by atoms with Gasteiger partial charge in [0.1, 0.15) is 0 Å². The van der Waals surface area contributed by atoms with Gasteiger partial charge in [0, 0.05) is 0 Å². The van der Waals surface area contributed by atoms with Crippen LogP contribution in [0.3, 0.4) is 0 Å². The van der Waals surface area contributed by atoms with Gasteiger partial charge in [-0.05, 0) is 74.8 Å². The Morgan fingerprint density at radius 3 is 2.58 bits per heavy atom. The van der Waals surface area contributed by atoms with Gasteiger partial charge in [-0.1, -0.05) is 6.07 Å². The van der Waals surface area contributed by atoms with Crippen LogP contribution in [0, 0.1) is 0 Å². The van der Waals surface area contributed by atoms with Gasteiger partial charge < -0.3 is 9.47 Å². The van der Waals surface area contributed by atoms with E-state index >= 15 is 0 Å². The second kappa shape index (κ2) is 5.73. The molecule has 0 unspecified atom stereocenters. The van der Waals surface area contributed by atoms with Crippen molar-refractivity contribution in [3.63, 3.8) is 0 Å². The molecular weight excluding hydrogens is 306 g/mol. The lowest BCUT2D eigenvalue weighted by molar-refractivity contribution is 0.174. The highest BCUT2D eigenvalue weighted by Gasteiger charge is 2.33. The Bertz CT molecular complexity index is 731. The summed E-state index contributed by atoms with van der Waals surface area (Å²) in [4.78, 5) is 2.45. The molecule has 0 radical (unpaired) electrons. The number of hydrogen-bond donors (Lipinski definition) is 0. The summed E-state index contributed by atoms with van der Waals surface area (Å²) in [5.41, 5.74) is 0.967. The van der Waals surface area contributed by atoms with Crippen molar-refractivity contribution in [1.82, 2.24) is 25.1 Å². The normalized spacial score (nSPS) is 19.0. The van der Waals surface area contributed by atoms with Gasteiger partial charge in [-0.2, -0.15) is 0 Å². The Balaban J connectivity index is 1.79. The Labute approximate surface area is 141 Å². The summed E-state index contributed by atoms with van der Waals surface area (Å²) in [6.45, 7) is 8.74. The van der Waals surface area contributed by atoms with Gasteiger partial charge in [-0.3, -0.25) is 4.90 Å². The zero-order valence-electron chi connectivity index (χ0n) is 14.4. The molecule has 0 bridgehead atoms. The Morgan fingerprint density at radius 1 is 1.08 bits per heavy atom. The van der Waals surface area contributed by atoms with Crippen molar-refractivity contribution in [3.8, 4) is 11.5 Å². The molecule has 1 aromatic heterocycles. The fraction of sp³-hybridized carbons (Fsp3) is 0.588. The van der Waals surface area contributed by atoms with Gasteiger partial charge in [0.25, 0.3) is 0 Å². The topological polar surface area (TPSA) is 65.3 Å². The largest absolute Gasteiger partial charge is 0.454 e. The van der Waals surface area contributed by atoms with Crippen molar-refractivity contribution in [2.75, 3.05) is 19.9 Å². The number of fused-ring (bicyclic) bond motifs is 1. The van der Waals surface area contributed by atoms with Crippen LogP contribution >= 0.6 is 0 Å². The molecule has 128 valence electrons. The van der Waals surface area contributed by atoms with Gasteiger partial charge in [-0.15, -0.1) is 5.10 Å². The minimum atomic E-state index is -0.173. The number of aromatic nitrogens is 4. The number of likely N-dealkylation sites (tertiary alicyclic amines) is 1. The summed E-state index contributed by atoms with van der Waals surface area (Å²) in [6, 6.07) is 6.16. The van der Waals surface area contributed by atoms with E-state index in [9.17, 15) is 0 Å². The van der Waals surface area contributed by atoms with Crippen molar-refractivity contribution in [1.29, 1.82) is 0 Å². The standard InChI is InChI=1S/C17H23N5O2/c1-17(2,3)22-16(18-19-20-22)15(21-8-4-5-9-21)12-6-7-13-14(10-12)24-11-23-13/h6-7,10,15H,4-5,8-9,11H2,1-3H3/t15-/m0/s1. The maximum absolute atomic E-state index is 5.57. The summed E-state index contributed by atoms with van der Waals surface area (Å²) < 4.78 is 12.9. The van der Waals surface area contributed by atoms with Crippen LogP contribution < -0.4 is 9.47 Å². The van der Waals surface area contributed by atoms with Crippen LogP contribution in [-0.2, 0) is 5.54 Å². The number of rotatable bonds is 3. The van der Waals surface area contributed by atoms with Gasteiger partial charge in [0.05, 0.1) is 11.6 Å². The van der Waals surface area contributed by atoms with Crippen LogP contribution in [-0.4, -0.2) is 45.0 Å². The van der Waals surface area contributed by atoms with E-state index in [2.05, 4.69) is 53.3 Å². The lowest BCUT2D eigenvalue weighted by Gasteiger charge is -2.30. The molecule has 1 atom stereocenters. The number of benzene rings is 1. The molecule has 0 N–H and O–H groups in total. The van der Waals surface area contributed by atoms with Gasteiger partial charge in [0.2, 0.25) is 6.79 Å². The van der Waals surface area contributed by atoms with Crippen LogP contribution in [0.2, 0.25) is 0 Å². The minimum Gasteiger partial charge on any atom is -0.454 e. The summed E-state index contributed by atoms with van der Waals surface area (Å²) in [7, 11) is 0. The minimum absolute atomic E-state index is 0.0243. The molecule has 7 nitrogen and oxygen atoms in total. The molecular formula is C17H23N5O2. The molecule has 0 spiro atoms. The van der Waals surface area contributed by atoms with Crippen molar-refractivity contribution in [3.05, 3.63) is 29.6 Å². The van der Waals surface area contributed by atoms with E-state index in [0.29, 0.717) is 0 Å². The predicted octanol–water partition coefficient (Wildman–Crippen LogP) is 2.34. The molecule has 2 aliphatic heterocycles. The van der Waals surface area contributed by atoms with Gasteiger partial charge in [0.15, 0.2) is 17.3 Å². The second-order valence-corrected chi connectivity index (χ2v) is 7.38. The molecule has 0 amide bonds. The maximum atomic E-state index is 5.57. The zero-order valence-corrected chi connectivity index (χ0v) is 14.4. The lowest BCUT2D eigenvalue weighted by atomic mass is 10.0. The first-order valence-corrected chi connectivity index (χ1v) is 8.46. The quantitative estimate of drug-likeness (QED) is 0.861. The predicted molar refractivity (Wildman–Crippen MR) is 88.0 cm³/mol. The van der Waals surface area contributed by atoms with E-state index in [4.69, 9.17) is 9.47 Å². The highest BCUT2D eigenvalue weighted by molar-refractivity contribution is 5.46. The third-order valence-corrected chi connectivity index (χ3v) is 4.59. The first kappa shape index (κ1) is 15.4. The lowest BCUT2D eigenvalue weighted by Crippen LogP contribution is -2.33. The number of hydrogen-bond acceptors (Lipinski definition) is 6. The number of nitrogens with zero attached hydrogens (tertiary/aromatic N) is 5. The van der Waals surface area contributed by atoms with E-state index in [1.807, 2.05) is 10.7 Å². The molecule has 2 aromatic rings. The molecule has 3 heterocycles. The molecule has 24 heavy (non-hydrogen) atoms. The monoisotopic (exact) mass is 329 g/mol. The molecule has 0 aliphatic carbocycles. The van der Waals surface area contributed by atoms with E-state index in [1.54, 1.807) is 0 Å². The van der Waals surface area contributed by atoms with Crippen molar-refractivity contribution >= 4 is 0 Å². The fourth-order valence-electron chi connectivity index (χ4n) is 3.45. The summed E-state index contributed by atoms with van der Waals surface area (Å²) >= 11 is 0. The van der Waals surface area contributed by atoms with Gasteiger partial charge in [-0.25, -0.2) is 4.68 Å². The Morgan fingerprint density at radius 2 is 1.83 bits per heavy atom. The van der Waals surface area contributed by atoms with E-state index in [1.165, 1.54) is 12.8 Å². The molecule has 1 saturated heterocycles. The average molecular weight is 329 g/mol. The third kappa shape index (κ3) is 2.62. The first-order chi connectivity index (χ1) is 11.5. The van der Waals surface area contributed by atoms with Crippen molar-refractivity contribution < 1.29 is 9.47 Å². The first-order valence-electron chi connectivity index (χ1n) is 8.46. The SMILES string of the molecule is CC(C)(C)n1nnnc1[C@H](c1ccc2c(c1)OCO2)N1CCCC1. The summed E-state index contributed by atoms with van der Waals surface area (Å²) in [5, 5.41) is 12.6. The molecule has 1 fully saturated rings. The van der Waals surface area contributed by atoms with E-state index in [0.717, 1.165) is 36.0 Å². The smallest absolute Gasteiger partial charge is 0.231 e.